The lowest BCUT2D eigenvalue weighted by molar-refractivity contribution is 0.0607. The number of carbonyl (C=O) groups is 2. The molecule has 1 N–H and O–H groups in total. The van der Waals surface area contributed by atoms with E-state index in [1.54, 1.807) is 17.8 Å². The van der Waals surface area contributed by atoms with E-state index in [4.69, 9.17) is 4.74 Å². The van der Waals surface area contributed by atoms with Gasteiger partial charge in [-0.05, 0) is 30.5 Å². The molecule has 2 aromatic carbocycles. The number of thioether (sulfide) groups is 1. The number of hydrogen-bond donors (Lipinski definition) is 1. The first-order valence-corrected chi connectivity index (χ1v) is 9.23. The molecule has 122 valence electrons. The number of methoxy groups -OCH3 is 1. The van der Waals surface area contributed by atoms with Crippen LogP contribution in [0.2, 0.25) is 0 Å². The number of carbonyl (C=O) groups excluding carboxylic acids is 2. The van der Waals surface area contributed by atoms with Crippen molar-refractivity contribution >= 4 is 50.7 Å². The summed E-state index contributed by atoms with van der Waals surface area (Å²) in [6.45, 7) is 0. The Balaban J connectivity index is 2.02. The predicted molar refractivity (Wildman–Crippen MR) is 99.3 cm³/mol. The molecule has 6 heteroatoms. The highest BCUT2D eigenvalue weighted by Gasteiger charge is 2.21. The molecule has 0 aliphatic heterocycles. The Hall–Kier alpha value is -2.31. The summed E-state index contributed by atoms with van der Waals surface area (Å²) < 4.78 is 5.77. The first-order valence-electron chi connectivity index (χ1n) is 7.19. The Morgan fingerprint density at radius 1 is 1.12 bits per heavy atom. The van der Waals surface area contributed by atoms with Crippen molar-refractivity contribution in [3.8, 4) is 0 Å². The fourth-order valence-corrected chi connectivity index (χ4v) is 3.89. The van der Waals surface area contributed by atoms with Crippen LogP contribution in [-0.4, -0.2) is 25.2 Å². The van der Waals surface area contributed by atoms with Gasteiger partial charge in [0.25, 0.3) is 5.91 Å². The maximum atomic E-state index is 12.6. The first kappa shape index (κ1) is 16.5. The number of benzene rings is 2. The molecule has 1 aromatic heterocycles. The number of hydrogen-bond acceptors (Lipinski definition) is 5. The second kappa shape index (κ2) is 7.07. The zero-order valence-corrected chi connectivity index (χ0v) is 14.8. The number of anilines is 1. The van der Waals surface area contributed by atoms with Crippen molar-refractivity contribution in [1.29, 1.82) is 0 Å². The second-order valence-corrected chi connectivity index (χ2v) is 6.91. The van der Waals surface area contributed by atoms with Crippen LogP contribution in [0.15, 0.2) is 53.4 Å². The van der Waals surface area contributed by atoms with E-state index in [1.165, 1.54) is 18.4 Å². The van der Waals surface area contributed by atoms with Gasteiger partial charge in [0.1, 0.15) is 4.88 Å². The number of nitrogens with one attached hydrogen (secondary N) is 1. The van der Waals surface area contributed by atoms with E-state index in [0.717, 1.165) is 15.0 Å². The number of rotatable bonds is 4. The molecule has 0 atom stereocenters. The standard InChI is InChI=1S/C18H15NO3S2/c1-22-18(21)16-15(13-8-3-4-9-14(13)24-16)19-17(20)11-6-5-7-12(10-11)23-2/h3-10H,1-2H3,(H,19,20). The molecule has 1 heterocycles. The van der Waals surface area contributed by atoms with Gasteiger partial charge in [0.2, 0.25) is 0 Å². The van der Waals surface area contributed by atoms with Crippen molar-refractivity contribution in [2.45, 2.75) is 4.90 Å². The van der Waals surface area contributed by atoms with Crippen molar-refractivity contribution in [1.82, 2.24) is 0 Å². The maximum absolute atomic E-state index is 12.6. The maximum Gasteiger partial charge on any atom is 0.350 e. The number of fused-ring (bicyclic) bond motifs is 1. The number of amides is 1. The smallest absolute Gasteiger partial charge is 0.350 e. The average Bonchev–Trinajstić information content (AvgIpc) is 2.99. The van der Waals surface area contributed by atoms with Crippen LogP contribution in [0.5, 0.6) is 0 Å². The highest BCUT2D eigenvalue weighted by atomic mass is 32.2. The topological polar surface area (TPSA) is 55.4 Å². The van der Waals surface area contributed by atoms with Crippen molar-refractivity contribution in [2.75, 3.05) is 18.7 Å². The van der Waals surface area contributed by atoms with Gasteiger partial charge in [-0.3, -0.25) is 4.79 Å². The molecule has 0 saturated carbocycles. The number of thiophene rings is 1. The van der Waals surface area contributed by atoms with E-state index in [-0.39, 0.29) is 5.91 Å². The van der Waals surface area contributed by atoms with Crippen LogP contribution >= 0.6 is 23.1 Å². The summed E-state index contributed by atoms with van der Waals surface area (Å²) in [5, 5.41) is 3.71. The minimum atomic E-state index is -0.454. The van der Waals surface area contributed by atoms with Crippen LogP contribution in [0.4, 0.5) is 5.69 Å². The fourth-order valence-electron chi connectivity index (χ4n) is 2.36. The van der Waals surface area contributed by atoms with Crippen LogP contribution < -0.4 is 5.32 Å². The monoisotopic (exact) mass is 357 g/mol. The van der Waals surface area contributed by atoms with E-state index < -0.39 is 5.97 Å². The zero-order chi connectivity index (χ0) is 17.1. The Morgan fingerprint density at radius 2 is 1.92 bits per heavy atom. The van der Waals surface area contributed by atoms with Gasteiger partial charge in [0.15, 0.2) is 0 Å². The minimum Gasteiger partial charge on any atom is -0.465 e. The summed E-state index contributed by atoms with van der Waals surface area (Å²) in [5.41, 5.74) is 1.05. The molecule has 0 spiro atoms. The highest BCUT2D eigenvalue weighted by molar-refractivity contribution is 7.98. The molecular weight excluding hydrogens is 342 g/mol. The summed E-state index contributed by atoms with van der Waals surface area (Å²) in [7, 11) is 1.33. The highest BCUT2D eigenvalue weighted by Crippen LogP contribution is 2.36. The lowest BCUT2D eigenvalue weighted by Crippen LogP contribution is -2.14. The van der Waals surface area contributed by atoms with Gasteiger partial charge in [-0.25, -0.2) is 4.79 Å². The fraction of sp³-hybridized carbons (Fsp3) is 0.111. The van der Waals surface area contributed by atoms with Gasteiger partial charge in [-0.1, -0.05) is 24.3 Å². The van der Waals surface area contributed by atoms with Crippen molar-refractivity contribution < 1.29 is 14.3 Å². The molecule has 0 aliphatic rings. The molecule has 3 aromatic rings. The summed E-state index contributed by atoms with van der Waals surface area (Å²) >= 11 is 2.88. The van der Waals surface area contributed by atoms with Gasteiger partial charge in [0, 0.05) is 20.5 Å². The average molecular weight is 357 g/mol. The van der Waals surface area contributed by atoms with Crippen LogP contribution in [-0.2, 0) is 4.74 Å². The molecule has 0 saturated heterocycles. The molecule has 0 aliphatic carbocycles. The molecule has 4 nitrogen and oxygen atoms in total. The molecule has 24 heavy (non-hydrogen) atoms. The molecule has 0 bridgehead atoms. The minimum absolute atomic E-state index is 0.250. The molecule has 0 fully saturated rings. The summed E-state index contributed by atoms with van der Waals surface area (Å²) in [4.78, 5) is 26.1. The van der Waals surface area contributed by atoms with Crippen molar-refractivity contribution in [2.24, 2.45) is 0 Å². The Morgan fingerprint density at radius 3 is 2.67 bits per heavy atom. The largest absolute Gasteiger partial charge is 0.465 e. The Bertz CT molecular complexity index is 918. The zero-order valence-electron chi connectivity index (χ0n) is 13.2. The molecule has 0 unspecified atom stereocenters. The lowest BCUT2D eigenvalue weighted by Gasteiger charge is -2.07. The molecule has 3 rings (SSSR count). The quantitative estimate of drug-likeness (QED) is 0.545. The summed E-state index contributed by atoms with van der Waals surface area (Å²) in [6, 6.07) is 14.9. The summed E-state index contributed by atoms with van der Waals surface area (Å²) in [5.74, 6) is -0.705. The van der Waals surface area contributed by atoms with Crippen molar-refractivity contribution in [3.63, 3.8) is 0 Å². The Labute approximate surface area is 147 Å². The predicted octanol–water partition coefficient (Wildman–Crippen LogP) is 4.66. The van der Waals surface area contributed by atoms with E-state index in [1.807, 2.05) is 48.7 Å². The molecule has 1 amide bonds. The number of esters is 1. The Kier molecular flexibility index (Phi) is 4.87. The van der Waals surface area contributed by atoms with E-state index >= 15 is 0 Å². The van der Waals surface area contributed by atoms with Gasteiger partial charge in [0.05, 0.1) is 12.8 Å². The van der Waals surface area contributed by atoms with Crippen LogP contribution in [0.1, 0.15) is 20.0 Å². The van der Waals surface area contributed by atoms with Crippen molar-refractivity contribution in [3.05, 3.63) is 59.0 Å². The number of ether oxygens (including phenoxy) is 1. The van der Waals surface area contributed by atoms with Gasteiger partial charge >= 0.3 is 5.97 Å². The van der Waals surface area contributed by atoms with E-state index in [9.17, 15) is 9.59 Å². The molecule has 0 radical (unpaired) electrons. The van der Waals surface area contributed by atoms with Gasteiger partial charge in [-0.2, -0.15) is 0 Å². The van der Waals surface area contributed by atoms with E-state index in [0.29, 0.717) is 16.1 Å². The summed E-state index contributed by atoms with van der Waals surface area (Å²) in [6.07, 6.45) is 1.96. The first-order chi connectivity index (χ1) is 11.6. The van der Waals surface area contributed by atoms with Crippen LogP contribution in [0.3, 0.4) is 0 Å². The van der Waals surface area contributed by atoms with Crippen LogP contribution in [0.25, 0.3) is 10.1 Å². The van der Waals surface area contributed by atoms with E-state index in [2.05, 4.69) is 5.32 Å². The third kappa shape index (κ3) is 3.16. The van der Waals surface area contributed by atoms with Crippen LogP contribution in [0, 0.1) is 0 Å². The normalized spacial score (nSPS) is 10.6. The molecular formula is C18H15NO3S2. The third-order valence-corrected chi connectivity index (χ3v) is 5.41. The second-order valence-electron chi connectivity index (χ2n) is 4.98. The van der Waals surface area contributed by atoms with Gasteiger partial charge < -0.3 is 10.1 Å². The SMILES string of the molecule is COC(=O)c1sc2ccccc2c1NC(=O)c1cccc(SC)c1. The van der Waals surface area contributed by atoms with Gasteiger partial charge in [-0.15, -0.1) is 23.1 Å². The lowest BCUT2D eigenvalue weighted by atomic mass is 10.2. The third-order valence-electron chi connectivity index (χ3n) is 3.54.